The minimum absolute atomic E-state index is 0.562. The third-order valence-electron chi connectivity index (χ3n) is 0.901. The molecular formula is C7H8Cl3NO. The maximum Gasteiger partial charge on any atom is 0.252 e. The molecule has 12 heavy (non-hydrogen) atoms. The second kappa shape index (κ2) is 5.46. The van der Waals surface area contributed by atoms with Gasteiger partial charge in [-0.05, 0) is 18.4 Å². The molecule has 0 atom stereocenters. The van der Waals surface area contributed by atoms with E-state index in [9.17, 15) is 4.79 Å². The summed E-state index contributed by atoms with van der Waals surface area (Å²) in [6, 6.07) is 0. The van der Waals surface area contributed by atoms with Crippen LogP contribution in [0.2, 0.25) is 0 Å². The summed E-state index contributed by atoms with van der Waals surface area (Å²) in [5.41, 5.74) is 0. The Morgan fingerprint density at radius 3 is 2.33 bits per heavy atom. The maximum absolute atomic E-state index is 10.9. The molecule has 0 heterocycles. The van der Waals surface area contributed by atoms with E-state index in [0.29, 0.717) is 0 Å². The van der Waals surface area contributed by atoms with E-state index >= 15 is 0 Å². The lowest BCUT2D eigenvalue weighted by atomic mass is 10.4. The molecule has 0 fully saturated rings. The molecule has 0 radical (unpaired) electrons. The minimum atomic E-state index is -1.86. The Balaban J connectivity index is 4.01. The molecule has 0 aromatic carbocycles. The van der Waals surface area contributed by atoms with Crippen molar-refractivity contribution >= 4 is 40.6 Å². The van der Waals surface area contributed by atoms with Crippen molar-refractivity contribution in [1.29, 1.82) is 0 Å². The summed E-state index contributed by atoms with van der Waals surface area (Å²) in [4.78, 5) is 10.9. The fourth-order valence-electron chi connectivity index (χ4n) is 0.389. The van der Waals surface area contributed by atoms with Crippen molar-refractivity contribution in [2.24, 2.45) is 0 Å². The van der Waals surface area contributed by atoms with Crippen LogP contribution in [0.15, 0.2) is 24.4 Å². The van der Waals surface area contributed by atoms with Crippen LogP contribution in [-0.2, 0) is 4.79 Å². The standard InChI is InChI=1S/C7H8Cl3NO/c1-11-5-3-2-4-6(12)7(8,9)10/h2-5,11H,1H3/b4-2+,5-3-. The van der Waals surface area contributed by atoms with Gasteiger partial charge in [-0.15, -0.1) is 0 Å². The minimum Gasteiger partial charge on any atom is -0.394 e. The lowest BCUT2D eigenvalue weighted by Gasteiger charge is -2.03. The van der Waals surface area contributed by atoms with Gasteiger partial charge in [-0.2, -0.15) is 0 Å². The molecule has 0 aliphatic rings. The molecule has 68 valence electrons. The van der Waals surface area contributed by atoms with Gasteiger partial charge < -0.3 is 5.32 Å². The topological polar surface area (TPSA) is 29.1 Å². The smallest absolute Gasteiger partial charge is 0.252 e. The molecule has 1 N–H and O–H groups in total. The Morgan fingerprint density at radius 2 is 1.92 bits per heavy atom. The first-order valence-electron chi connectivity index (χ1n) is 3.10. The van der Waals surface area contributed by atoms with E-state index in [1.807, 2.05) is 0 Å². The fraction of sp³-hybridized carbons (Fsp3) is 0.286. The van der Waals surface area contributed by atoms with Gasteiger partial charge in [0.05, 0.1) is 0 Å². The monoisotopic (exact) mass is 227 g/mol. The van der Waals surface area contributed by atoms with Crippen LogP contribution in [0, 0.1) is 0 Å². The van der Waals surface area contributed by atoms with E-state index in [1.54, 1.807) is 19.3 Å². The van der Waals surface area contributed by atoms with Gasteiger partial charge in [0.2, 0.25) is 5.78 Å². The lowest BCUT2D eigenvalue weighted by molar-refractivity contribution is -0.113. The van der Waals surface area contributed by atoms with E-state index in [2.05, 4.69) is 5.32 Å². The number of hydrogen-bond donors (Lipinski definition) is 1. The number of allylic oxidation sites excluding steroid dienone is 3. The molecule has 0 spiro atoms. The molecule has 0 unspecified atom stereocenters. The van der Waals surface area contributed by atoms with E-state index in [1.165, 1.54) is 12.2 Å². The third kappa shape index (κ3) is 5.47. The van der Waals surface area contributed by atoms with Crippen LogP contribution in [0.5, 0.6) is 0 Å². The number of alkyl halides is 3. The first-order chi connectivity index (χ1) is 5.48. The van der Waals surface area contributed by atoms with Crippen molar-refractivity contribution in [3.05, 3.63) is 24.4 Å². The Labute approximate surface area is 86.2 Å². The highest BCUT2D eigenvalue weighted by Gasteiger charge is 2.27. The third-order valence-corrected chi connectivity index (χ3v) is 1.46. The largest absolute Gasteiger partial charge is 0.394 e. The lowest BCUT2D eigenvalue weighted by Crippen LogP contribution is -2.15. The van der Waals surface area contributed by atoms with Crippen LogP contribution in [-0.4, -0.2) is 16.6 Å². The fourth-order valence-corrected chi connectivity index (χ4v) is 0.578. The number of rotatable bonds is 3. The van der Waals surface area contributed by atoms with Crippen molar-refractivity contribution in [2.75, 3.05) is 7.05 Å². The first kappa shape index (κ1) is 11.8. The highest BCUT2D eigenvalue weighted by atomic mass is 35.6. The van der Waals surface area contributed by atoms with E-state index in [-0.39, 0.29) is 0 Å². The predicted molar refractivity (Wildman–Crippen MR) is 52.6 cm³/mol. The van der Waals surface area contributed by atoms with Gasteiger partial charge in [-0.3, -0.25) is 4.79 Å². The second-order valence-corrected chi connectivity index (χ2v) is 4.15. The molecule has 0 amide bonds. The van der Waals surface area contributed by atoms with Crippen LogP contribution >= 0.6 is 34.8 Å². The van der Waals surface area contributed by atoms with E-state index in [0.717, 1.165) is 0 Å². The average molecular weight is 229 g/mol. The summed E-state index contributed by atoms with van der Waals surface area (Å²) in [7, 11) is 1.74. The number of carbonyl (C=O) groups is 1. The molecule has 0 rings (SSSR count). The number of hydrogen-bond acceptors (Lipinski definition) is 2. The molecule has 0 aliphatic carbocycles. The number of carbonyl (C=O) groups excluding carboxylic acids is 1. The van der Waals surface area contributed by atoms with Gasteiger partial charge in [0.25, 0.3) is 3.79 Å². The molecule has 2 nitrogen and oxygen atoms in total. The molecule has 0 saturated carbocycles. The van der Waals surface area contributed by atoms with Crippen LogP contribution < -0.4 is 5.32 Å². The number of halogens is 3. The summed E-state index contributed by atoms with van der Waals surface area (Å²) in [5, 5.41) is 2.74. The van der Waals surface area contributed by atoms with Gasteiger partial charge >= 0.3 is 0 Å². The van der Waals surface area contributed by atoms with Gasteiger partial charge in [-0.1, -0.05) is 40.9 Å². The van der Waals surface area contributed by atoms with Crippen molar-refractivity contribution in [3.63, 3.8) is 0 Å². The normalized spacial score (nSPS) is 12.7. The summed E-state index contributed by atoms with van der Waals surface area (Å²) in [5.74, 6) is -0.562. The van der Waals surface area contributed by atoms with Crippen molar-refractivity contribution < 1.29 is 4.79 Å². The van der Waals surface area contributed by atoms with Crippen molar-refractivity contribution in [3.8, 4) is 0 Å². The Bertz CT molecular complexity index is 205. The highest BCUT2D eigenvalue weighted by molar-refractivity contribution is 6.77. The first-order valence-corrected chi connectivity index (χ1v) is 4.23. The molecule has 5 heteroatoms. The van der Waals surface area contributed by atoms with Crippen LogP contribution in [0.4, 0.5) is 0 Å². The van der Waals surface area contributed by atoms with Crippen molar-refractivity contribution in [1.82, 2.24) is 5.32 Å². The SMILES string of the molecule is CN/C=C\C=C\C(=O)C(Cl)(Cl)Cl. The summed E-state index contributed by atoms with van der Waals surface area (Å²) < 4.78 is -1.86. The molecule has 0 bridgehead atoms. The van der Waals surface area contributed by atoms with E-state index < -0.39 is 9.58 Å². The van der Waals surface area contributed by atoms with Gasteiger partial charge in [-0.25, -0.2) is 0 Å². The summed E-state index contributed by atoms with van der Waals surface area (Å²) >= 11 is 15.9. The van der Waals surface area contributed by atoms with Gasteiger partial charge in [0.15, 0.2) is 0 Å². The zero-order valence-electron chi connectivity index (χ0n) is 6.35. The highest BCUT2D eigenvalue weighted by Crippen LogP contribution is 2.27. The zero-order valence-corrected chi connectivity index (χ0v) is 8.62. The number of ketones is 1. The second-order valence-electron chi connectivity index (χ2n) is 1.87. The van der Waals surface area contributed by atoms with E-state index in [4.69, 9.17) is 34.8 Å². The quantitative estimate of drug-likeness (QED) is 0.456. The number of nitrogens with one attached hydrogen (secondary N) is 1. The predicted octanol–water partition coefficient (Wildman–Crippen LogP) is 2.21. The summed E-state index contributed by atoms with van der Waals surface area (Å²) in [6.07, 6.45) is 5.94. The Kier molecular flexibility index (Phi) is 5.38. The molecule has 0 aromatic rings. The van der Waals surface area contributed by atoms with Crippen LogP contribution in [0.3, 0.4) is 0 Å². The van der Waals surface area contributed by atoms with Gasteiger partial charge in [0, 0.05) is 7.05 Å². The molecule has 0 aliphatic heterocycles. The zero-order chi connectivity index (χ0) is 9.61. The van der Waals surface area contributed by atoms with Gasteiger partial charge in [0.1, 0.15) is 0 Å². The van der Waals surface area contributed by atoms with Crippen LogP contribution in [0.25, 0.3) is 0 Å². The summed E-state index contributed by atoms with van der Waals surface area (Å²) in [6.45, 7) is 0. The molecule has 0 aromatic heterocycles. The molecular weight excluding hydrogens is 220 g/mol. The molecule has 0 saturated heterocycles. The van der Waals surface area contributed by atoms with Crippen molar-refractivity contribution in [2.45, 2.75) is 3.79 Å². The van der Waals surface area contributed by atoms with Crippen LogP contribution in [0.1, 0.15) is 0 Å². The Hall–Kier alpha value is -0.180. The average Bonchev–Trinajstić information content (AvgIpc) is 1.96. The Morgan fingerprint density at radius 1 is 1.33 bits per heavy atom. The maximum atomic E-state index is 10.9.